The van der Waals surface area contributed by atoms with E-state index < -0.39 is 17.8 Å². The lowest BCUT2D eigenvalue weighted by Crippen LogP contribution is -2.25. The van der Waals surface area contributed by atoms with Crippen LogP contribution in [0.2, 0.25) is 0 Å². The van der Waals surface area contributed by atoms with E-state index in [4.69, 9.17) is 0 Å². The third-order valence-corrected chi connectivity index (χ3v) is 3.41. The fourth-order valence-electron chi connectivity index (χ4n) is 2.44. The smallest absolute Gasteiger partial charge is 0.416 e. The molecule has 0 aliphatic carbocycles. The molecule has 0 aromatic heterocycles. The summed E-state index contributed by atoms with van der Waals surface area (Å²) >= 11 is 0. The molecule has 6 heteroatoms. The van der Waals surface area contributed by atoms with Crippen molar-refractivity contribution in [2.75, 3.05) is 16.8 Å². The Bertz CT molecular complexity index is 760. The number of hydrogen-bond acceptors (Lipinski definition) is 2. The number of fused-ring (bicyclic) bond motifs is 2. The first-order chi connectivity index (χ1) is 10.0. The zero-order chi connectivity index (χ0) is 15.1. The van der Waals surface area contributed by atoms with Crippen molar-refractivity contribution < 1.29 is 19.1 Å². The van der Waals surface area contributed by atoms with Gasteiger partial charge in [-0.25, -0.2) is 14.1 Å². The van der Waals surface area contributed by atoms with Crippen molar-refractivity contribution in [2.45, 2.75) is 0 Å². The van der Waals surface area contributed by atoms with E-state index in [1.165, 1.54) is 18.0 Å². The minimum absolute atomic E-state index is 0.0103. The van der Waals surface area contributed by atoms with Crippen LogP contribution in [0.4, 0.5) is 26.2 Å². The molecule has 106 valence electrons. The molecule has 0 saturated carbocycles. The summed E-state index contributed by atoms with van der Waals surface area (Å²) in [4.78, 5) is 26.4. The van der Waals surface area contributed by atoms with E-state index in [0.29, 0.717) is 11.4 Å². The maximum absolute atomic E-state index is 13.4. The summed E-state index contributed by atoms with van der Waals surface area (Å²) in [5.41, 5.74) is 0.953. The summed E-state index contributed by atoms with van der Waals surface area (Å²) in [7, 11) is 1.53. The first-order valence-electron chi connectivity index (χ1n) is 6.20. The third kappa shape index (κ3) is 1.92. The molecule has 0 unspecified atom stereocenters. The molecule has 0 radical (unpaired) electrons. The second-order valence-electron chi connectivity index (χ2n) is 4.63. The number of benzene rings is 2. The third-order valence-electron chi connectivity index (χ3n) is 3.41. The van der Waals surface area contributed by atoms with Gasteiger partial charge in [0, 0.05) is 7.05 Å². The van der Waals surface area contributed by atoms with E-state index in [1.807, 2.05) is 0 Å². The van der Waals surface area contributed by atoms with Gasteiger partial charge in [0.25, 0.3) is 5.91 Å². The van der Waals surface area contributed by atoms with Crippen LogP contribution in [0.15, 0.2) is 42.5 Å². The van der Waals surface area contributed by atoms with Crippen molar-refractivity contribution in [1.82, 2.24) is 0 Å². The molecule has 2 aromatic rings. The SMILES string of the molecule is CN1C(=O)c2cc(F)ccc2N(C(=O)O)c2ccccc21. The van der Waals surface area contributed by atoms with Crippen LogP contribution in [0.1, 0.15) is 10.4 Å². The van der Waals surface area contributed by atoms with Gasteiger partial charge in [-0.2, -0.15) is 0 Å². The van der Waals surface area contributed by atoms with Crippen molar-refractivity contribution in [3.8, 4) is 0 Å². The standard InChI is InChI=1S/C15H11FN2O3/c1-17-12-4-2-3-5-13(12)18(15(20)21)11-7-6-9(16)8-10(11)14(17)19/h2-8H,1H3,(H,20,21). The second-order valence-corrected chi connectivity index (χ2v) is 4.63. The average molecular weight is 286 g/mol. The van der Waals surface area contributed by atoms with Crippen molar-refractivity contribution in [3.63, 3.8) is 0 Å². The highest BCUT2D eigenvalue weighted by atomic mass is 19.1. The van der Waals surface area contributed by atoms with Gasteiger partial charge < -0.3 is 10.0 Å². The molecular weight excluding hydrogens is 275 g/mol. The van der Waals surface area contributed by atoms with E-state index in [-0.39, 0.29) is 11.3 Å². The number of amides is 2. The molecule has 1 N–H and O–H groups in total. The monoisotopic (exact) mass is 286 g/mol. The Kier molecular flexibility index (Phi) is 2.86. The highest BCUT2D eigenvalue weighted by Crippen LogP contribution is 2.40. The molecule has 1 aliphatic rings. The maximum atomic E-state index is 13.4. The Morgan fingerprint density at radius 1 is 1.10 bits per heavy atom. The summed E-state index contributed by atoms with van der Waals surface area (Å²) in [6, 6.07) is 10.1. The number of carbonyl (C=O) groups excluding carboxylic acids is 1. The van der Waals surface area contributed by atoms with Gasteiger partial charge in [0.1, 0.15) is 5.82 Å². The van der Waals surface area contributed by atoms with Crippen molar-refractivity contribution in [1.29, 1.82) is 0 Å². The quantitative estimate of drug-likeness (QED) is 0.808. The van der Waals surface area contributed by atoms with E-state index in [1.54, 1.807) is 24.3 Å². The number of rotatable bonds is 0. The fourth-order valence-corrected chi connectivity index (χ4v) is 2.44. The van der Waals surface area contributed by atoms with Crippen LogP contribution in [0.5, 0.6) is 0 Å². The second kappa shape index (κ2) is 4.59. The largest absolute Gasteiger partial charge is 0.464 e. The van der Waals surface area contributed by atoms with E-state index in [9.17, 15) is 19.1 Å². The number of halogens is 1. The molecular formula is C15H11FN2O3. The highest BCUT2D eigenvalue weighted by molar-refractivity contribution is 6.17. The van der Waals surface area contributed by atoms with E-state index in [0.717, 1.165) is 17.0 Å². The first kappa shape index (κ1) is 13.1. The lowest BCUT2D eigenvalue weighted by atomic mass is 10.1. The summed E-state index contributed by atoms with van der Waals surface area (Å²) in [5, 5.41) is 9.50. The lowest BCUT2D eigenvalue weighted by molar-refractivity contribution is 0.0994. The van der Waals surface area contributed by atoms with E-state index >= 15 is 0 Å². The number of hydrogen-bond donors (Lipinski definition) is 1. The van der Waals surface area contributed by atoms with Gasteiger partial charge >= 0.3 is 6.09 Å². The highest BCUT2D eigenvalue weighted by Gasteiger charge is 2.32. The molecule has 0 fully saturated rings. The van der Waals surface area contributed by atoms with Crippen LogP contribution in [-0.4, -0.2) is 24.2 Å². The molecule has 0 saturated heterocycles. The van der Waals surface area contributed by atoms with Crippen molar-refractivity contribution in [2.24, 2.45) is 0 Å². The van der Waals surface area contributed by atoms with Crippen molar-refractivity contribution in [3.05, 3.63) is 53.8 Å². The minimum Gasteiger partial charge on any atom is -0.464 e. The molecule has 3 rings (SSSR count). The molecule has 5 nitrogen and oxygen atoms in total. The van der Waals surface area contributed by atoms with Gasteiger partial charge in [-0.05, 0) is 30.3 Å². The summed E-state index contributed by atoms with van der Waals surface area (Å²) in [5.74, 6) is -1.05. The lowest BCUT2D eigenvalue weighted by Gasteiger charge is -2.21. The number of carboxylic acid groups (broad SMARTS) is 1. The Hall–Kier alpha value is -2.89. The Morgan fingerprint density at radius 3 is 2.43 bits per heavy atom. The molecule has 0 spiro atoms. The predicted octanol–water partition coefficient (Wildman–Crippen LogP) is 3.23. The Labute approximate surface area is 119 Å². The number of anilines is 3. The molecule has 0 bridgehead atoms. The van der Waals surface area contributed by atoms with Gasteiger partial charge in [-0.15, -0.1) is 0 Å². The van der Waals surface area contributed by atoms with Crippen LogP contribution in [0.25, 0.3) is 0 Å². The van der Waals surface area contributed by atoms with Crippen LogP contribution in [0.3, 0.4) is 0 Å². The molecule has 2 amide bonds. The summed E-state index contributed by atoms with van der Waals surface area (Å²) < 4.78 is 13.4. The maximum Gasteiger partial charge on any atom is 0.416 e. The number of para-hydroxylation sites is 2. The molecule has 21 heavy (non-hydrogen) atoms. The van der Waals surface area contributed by atoms with Crippen LogP contribution < -0.4 is 9.80 Å². The van der Waals surface area contributed by atoms with Gasteiger partial charge in [0.2, 0.25) is 0 Å². The Morgan fingerprint density at radius 2 is 1.76 bits per heavy atom. The molecule has 0 atom stereocenters. The van der Waals surface area contributed by atoms with Gasteiger partial charge in [-0.3, -0.25) is 4.79 Å². The zero-order valence-corrected chi connectivity index (χ0v) is 11.1. The van der Waals surface area contributed by atoms with Crippen LogP contribution >= 0.6 is 0 Å². The van der Waals surface area contributed by atoms with Gasteiger partial charge in [0.05, 0.1) is 22.6 Å². The van der Waals surface area contributed by atoms with Crippen LogP contribution in [0, 0.1) is 5.82 Å². The van der Waals surface area contributed by atoms with Gasteiger partial charge in [-0.1, -0.05) is 12.1 Å². The topological polar surface area (TPSA) is 60.9 Å². The normalized spacial score (nSPS) is 13.5. The fraction of sp³-hybridized carbons (Fsp3) is 0.0667. The Balaban J connectivity index is 2.37. The predicted molar refractivity (Wildman–Crippen MR) is 75.7 cm³/mol. The van der Waals surface area contributed by atoms with Gasteiger partial charge in [0.15, 0.2) is 0 Å². The summed E-state index contributed by atoms with van der Waals surface area (Å²) in [6.45, 7) is 0. The number of carbonyl (C=O) groups is 2. The first-order valence-corrected chi connectivity index (χ1v) is 6.20. The van der Waals surface area contributed by atoms with Crippen LogP contribution in [-0.2, 0) is 0 Å². The minimum atomic E-state index is -1.24. The summed E-state index contributed by atoms with van der Waals surface area (Å²) in [6.07, 6.45) is -1.24. The molecule has 2 aromatic carbocycles. The van der Waals surface area contributed by atoms with E-state index in [2.05, 4.69) is 0 Å². The molecule has 1 aliphatic heterocycles. The van der Waals surface area contributed by atoms with Crippen molar-refractivity contribution >= 4 is 29.1 Å². The number of nitrogens with zero attached hydrogens (tertiary/aromatic N) is 2. The zero-order valence-electron chi connectivity index (χ0n) is 11.1. The molecule has 1 heterocycles. The average Bonchev–Trinajstić information content (AvgIpc) is 2.55.